The van der Waals surface area contributed by atoms with Crippen molar-refractivity contribution in [2.24, 2.45) is 0 Å². The van der Waals surface area contributed by atoms with Gasteiger partial charge in [-0.05, 0) is 25.1 Å². The van der Waals surface area contributed by atoms with Crippen LogP contribution in [0.15, 0.2) is 41.3 Å². The minimum atomic E-state index is -3.40. The maximum atomic E-state index is 12.9. The van der Waals surface area contributed by atoms with Crippen LogP contribution in [0.4, 0.5) is 0 Å². The molecule has 0 radical (unpaired) electrons. The Balaban J connectivity index is 1.89. The number of sulfonamides is 1. The van der Waals surface area contributed by atoms with E-state index in [4.69, 9.17) is 4.42 Å². The van der Waals surface area contributed by atoms with E-state index in [9.17, 15) is 13.2 Å². The van der Waals surface area contributed by atoms with Crippen molar-refractivity contribution in [3.63, 3.8) is 0 Å². The lowest BCUT2D eigenvalue weighted by Gasteiger charge is -2.37. The molecule has 1 amide bonds. The molecule has 0 aromatic carbocycles. The maximum Gasteiger partial charge on any atom is 0.238 e. The number of furan rings is 1. The van der Waals surface area contributed by atoms with Gasteiger partial charge in [0.15, 0.2) is 0 Å². The van der Waals surface area contributed by atoms with Crippen molar-refractivity contribution in [1.29, 1.82) is 0 Å². The number of likely N-dealkylation sites (N-methyl/N-ethyl adjacent to an activating group) is 1. The fourth-order valence-electron chi connectivity index (χ4n) is 3.26. The summed E-state index contributed by atoms with van der Waals surface area (Å²) in [5, 5.41) is 0. The van der Waals surface area contributed by atoms with Gasteiger partial charge in [0.2, 0.25) is 15.9 Å². The lowest BCUT2D eigenvalue weighted by Crippen LogP contribution is -2.48. The molecule has 1 aliphatic heterocycles. The monoisotopic (exact) mass is 365 g/mol. The van der Waals surface area contributed by atoms with Crippen LogP contribution in [-0.2, 0) is 21.4 Å². The molecule has 3 rings (SSSR count). The summed E-state index contributed by atoms with van der Waals surface area (Å²) in [5.41, 5.74) is 1.89. The lowest BCUT2D eigenvalue weighted by atomic mass is 10.0. The fourth-order valence-corrected chi connectivity index (χ4v) is 4.33. The second kappa shape index (κ2) is 7.05. The molecular formula is C17H23N3O4S. The summed E-state index contributed by atoms with van der Waals surface area (Å²) < 4.78 is 32.9. The third kappa shape index (κ3) is 3.36. The van der Waals surface area contributed by atoms with E-state index < -0.39 is 10.0 Å². The molecule has 1 atom stereocenters. The molecule has 0 saturated heterocycles. The van der Waals surface area contributed by atoms with Crippen molar-refractivity contribution < 1.29 is 17.6 Å². The smallest absolute Gasteiger partial charge is 0.238 e. The Kier molecular flexibility index (Phi) is 5.01. The topological polar surface area (TPSA) is 75.8 Å². The zero-order valence-corrected chi connectivity index (χ0v) is 15.3. The minimum absolute atomic E-state index is 0.0118. The highest BCUT2D eigenvalue weighted by Gasteiger charge is 2.34. The summed E-state index contributed by atoms with van der Waals surface area (Å²) in [5.74, 6) is -0.209. The molecule has 0 bridgehead atoms. The van der Waals surface area contributed by atoms with Gasteiger partial charge in [0.05, 0.1) is 24.8 Å². The van der Waals surface area contributed by atoms with E-state index in [1.165, 1.54) is 4.31 Å². The van der Waals surface area contributed by atoms with Gasteiger partial charge in [0, 0.05) is 37.1 Å². The van der Waals surface area contributed by atoms with Gasteiger partial charge in [0.1, 0.15) is 6.04 Å². The fraction of sp³-hybridized carbons (Fsp3) is 0.471. The highest BCUT2D eigenvalue weighted by Crippen LogP contribution is 2.32. The molecule has 8 heteroatoms. The number of hydrogen-bond acceptors (Lipinski definition) is 4. The van der Waals surface area contributed by atoms with Crippen LogP contribution in [-0.4, -0.2) is 53.5 Å². The van der Waals surface area contributed by atoms with Crippen molar-refractivity contribution in [3.8, 4) is 0 Å². The summed E-state index contributed by atoms with van der Waals surface area (Å²) in [6.45, 7) is 4.69. The number of fused-ring (bicyclic) bond motifs is 1. The molecule has 25 heavy (non-hydrogen) atoms. The maximum absolute atomic E-state index is 12.9. The Morgan fingerprint density at radius 3 is 2.76 bits per heavy atom. The molecule has 1 aliphatic rings. The van der Waals surface area contributed by atoms with Gasteiger partial charge in [-0.3, -0.25) is 4.79 Å². The standard InChI is InChI=1S/C17H23N3O4S/c1-3-19(25(22,23)4-2)12-16(21)20-10-9-18-8-5-6-15(18)17(20)14-7-11-24-13-14/h5-8,11,13,17H,3-4,9-10,12H2,1-2H3/t17-/m1/s1. The summed E-state index contributed by atoms with van der Waals surface area (Å²) in [7, 11) is -3.40. The highest BCUT2D eigenvalue weighted by molar-refractivity contribution is 7.89. The number of amides is 1. The van der Waals surface area contributed by atoms with E-state index in [1.807, 2.05) is 24.4 Å². The Bertz CT molecular complexity index is 826. The zero-order chi connectivity index (χ0) is 18.0. The predicted octanol–water partition coefficient (Wildman–Crippen LogP) is 1.68. The second-order valence-electron chi connectivity index (χ2n) is 6.00. The van der Waals surface area contributed by atoms with Gasteiger partial charge in [-0.25, -0.2) is 8.42 Å². The SMILES string of the molecule is CCN(CC(=O)N1CCn2cccc2[C@H]1c1ccoc1)S(=O)(=O)CC. The summed E-state index contributed by atoms with van der Waals surface area (Å²) in [6, 6.07) is 5.51. The molecule has 0 unspecified atom stereocenters. The van der Waals surface area contributed by atoms with Crippen LogP contribution in [0.1, 0.15) is 31.1 Å². The van der Waals surface area contributed by atoms with Crippen molar-refractivity contribution >= 4 is 15.9 Å². The van der Waals surface area contributed by atoms with Crippen LogP contribution in [0.2, 0.25) is 0 Å². The molecule has 0 aliphatic carbocycles. The summed E-state index contributed by atoms with van der Waals surface area (Å²) in [6.07, 6.45) is 5.21. The van der Waals surface area contributed by atoms with E-state index in [2.05, 4.69) is 4.57 Å². The molecule has 0 N–H and O–H groups in total. The number of rotatable bonds is 6. The number of hydrogen-bond donors (Lipinski definition) is 0. The number of carbonyl (C=O) groups is 1. The lowest BCUT2D eigenvalue weighted by molar-refractivity contribution is -0.134. The first-order chi connectivity index (χ1) is 12.0. The first-order valence-corrected chi connectivity index (χ1v) is 10.0. The number of nitrogens with zero attached hydrogens (tertiary/aromatic N) is 3. The van der Waals surface area contributed by atoms with Gasteiger partial charge in [-0.1, -0.05) is 6.92 Å². The average Bonchev–Trinajstić information content (AvgIpc) is 3.29. The Hall–Kier alpha value is -2.06. The molecule has 0 fully saturated rings. The molecular weight excluding hydrogens is 342 g/mol. The normalized spacial score (nSPS) is 17.7. The third-order valence-electron chi connectivity index (χ3n) is 4.64. The highest BCUT2D eigenvalue weighted by atomic mass is 32.2. The van der Waals surface area contributed by atoms with Gasteiger partial charge < -0.3 is 13.9 Å². The van der Waals surface area contributed by atoms with Crippen LogP contribution in [0.5, 0.6) is 0 Å². The van der Waals surface area contributed by atoms with E-state index in [0.717, 1.165) is 11.3 Å². The van der Waals surface area contributed by atoms with Crippen molar-refractivity contribution in [2.45, 2.75) is 26.4 Å². The molecule has 7 nitrogen and oxygen atoms in total. The minimum Gasteiger partial charge on any atom is -0.472 e. The number of carbonyl (C=O) groups excluding carboxylic acids is 1. The van der Waals surface area contributed by atoms with Gasteiger partial charge in [-0.15, -0.1) is 0 Å². The van der Waals surface area contributed by atoms with E-state index in [1.54, 1.807) is 31.3 Å². The third-order valence-corrected chi connectivity index (χ3v) is 6.54. The van der Waals surface area contributed by atoms with Crippen LogP contribution >= 0.6 is 0 Å². The first kappa shape index (κ1) is 17.8. The second-order valence-corrected chi connectivity index (χ2v) is 8.26. The summed E-state index contributed by atoms with van der Waals surface area (Å²) >= 11 is 0. The van der Waals surface area contributed by atoms with Crippen LogP contribution in [0.25, 0.3) is 0 Å². The summed E-state index contributed by atoms with van der Waals surface area (Å²) in [4.78, 5) is 14.7. The van der Waals surface area contributed by atoms with Crippen molar-refractivity contribution in [3.05, 3.63) is 48.2 Å². The molecule has 2 aromatic rings. The molecule has 3 heterocycles. The van der Waals surface area contributed by atoms with Gasteiger partial charge >= 0.3 is 0 Å². The largest absolute Gasteiger partial charge is 0.472 e. The zero-order valence-electron chi connectivity index (χ0n) is 14.5. The number of aromatic nitrogens is 1. The molecule has 0 saturated carbocycles. The first-order valence-electron chi connectivity index (χ1n) is 8.42. The van der Waals surface area contributed by atoms with Crippen LogP contribution in [0, 0.1) is 0 Å². The van der Waals surface area contributed by atoms with Gasteiger partial charge in [-0.2, -0.15) is 4.31 Å². The molecule has 136 valence electrons. The van der Waals surface area contributed by atoms with E-state index in [-0.39, 0.29) is 30.8 Å². The Morgan fingerprint density at radius 1 is 1.32 bits per heavy atom. The predicted molar refractivity (Wildman–Crippen MR) is 93.4 cm³/mol. The van der Waals surface area contributed by atoms with Crippen LogP contribution < -0.4 is 0 Å². The van der Waals surface area contributed by atoms with Gasteiger partial charge in [0.25, 0.3) is 0 Å². The Labute approximate surface area is 147 Å². The van der Waals surface area contributed by atoms with E-state index >= 15 is 0 Å². The Morgan fingerprint density at radius 2 is 2.12 bits per heavy atom. The van der Waals surface area contributed by atoms with E-state index in [0.29, 0.717) is 13.1 Å². The molecule has 2 aromatic heterocycles. The van der Waals surface area contributed by atoms with Crippen LogP contribution in [0.3, 0.4) is 0 Å². The molecule has 0 spiro atoms. The van der Waals surface area contributed by atoms with Crippen molar-refractivity contribution in [2.75, 3.05) is 25.4 Å². The average molecular weight is 365 g/mol. The van der Waals surface area contributed by atoms with Crippen molar-refractivity contribution in [1.82, 2.24) is 13.8 Å². The quantitative estimate of drug-likeness (QED) is 0.781.